The number of rotatable bonds is 6. The van der Waals surface area contributed by atoms with Gasteiger partial charge in [-0.1, -0.05) is 26.0 Å². The topological polar surface area (TPSA) is 69.1 Å². The van der Waals surface area contributed by atoms with Gasteiger partial charge in [-0.3, -0.25) is 9.69 Å². The Balaban J connectivity index is 1.47. The Hall–Kier alpha value is -2.58. The van der Waals surface area contributed by atoms with Gasteiger partial charge in [0.15, 0.2) is 11.5 Å². The first-order chi connectivity index (χ1) is 17.1. The van der Waals surface area contributed by atoms with Gasteiger partial charge in [-0.2, -0.15) is 0 Å². The Bertz CT molecular complexity index is 960. The molecular formula is C27H40N4O4. The number of ether oxygens (including phenoxy) is 3. The highest BCUT2D eigenvalue weighted by molar-refractivity contribution is 5.76. The quantitative estimate of drug-likeness (QED) is 0.623. The Morgan fingerprint density at radius 1 is 1.23 bits per heavy atom. The monoisotopic (exact) mass is 484 g/mol. The smallest absolute Gasteiger partial charge is 0.224 e. The van der Waals surface area contributed by atoms with E-state index in [0.29, 0.717) is 57.9 Å². The number of amides is 1. The van der Waals surface area contributed by atoms with E-state index in [-0.39, 0.29) is 5.91 Å². The molecular weight excluding hydrogens is 444 g/mol. The van der Waals surface area contributed by atoms with Gasteiger partial charge in [-0.05, 0) is 32.4 Å². The molecule has 192 valence electrons. The van der Waals surface area contributed by atoms with Crippen molar-refractivity contribution >= 4 is 5.91 Å². The van der Waals surface area contributed by atoms with Gasteiger partial charge in [-0.25, -0.2) is 4.98 Å². The summed E-state index contributed by atoms with van der Waals surface area (Å²) in [6.45, 7) is 12.1. The van der Waals surface area contributed by atoms with Crippen molar-refractivity contribution in [3.05, 3.63) is 42.0 Å². The van der Waals surface area contributed by atoms with Crippen molar-refractivity contribution in [2.45, 2.75) is 65.1 Å². The molecule has 0 N–H and O–H groups in total. The largest absolute Gasteiger partial charge is 0.490 e. The standard InChI is InChI=1S/C27H40N4O4/c1-4-34-24-9-5-7-22-19-30-12-6-8-23(30)20-31(15-16-33-17-18-35-26(22)24)25(32)10-13-29-14-11-28-27(29)21(2)3/h5,7,9,11,14,21,23H,4,6,8,10,12-13,15-20H2,1-3H3/t23-/m0/s1. The highest BCUT2D eigenvalue weighted by Gasteiger charge is 2.29. The highest BCUT2D eigenvalue weighted by atomic mass is 16.5. The van der Waals surface area contributed by atoms with E-state index in [1.54, 1.807) is 0 Å². The first kappa shape index (κ1) is 25.5. The van der Waals surface area contributed by atoms with Crippen molar-refractivity contribution in [1.29, 1.82) is 0 Å². The second kappa shape index (κ2) is 12.4. The molecule has 8 heteroatoms. The summed E-state index contributed by atoms with van der Waals surface area (Å²) in [4.78, 5) is 22.3. The van der Waals surface area contributed by atoms with Gasteiger partial charge < -0.3 is 23.7 Å². The SMILES string of the molecule is CCOc1cccc2c1OCCOCCN(C(=O)CCn1ccnc1C(C)C)C[C@@H]1CCCN1C2. The van der Waals surface area contributed by atoms with Crippen LogP contribution >= 0.6 is 0 Å². The van der Waals surface area contributed by atoms with Gasteiger partial charge in [0.2, 0.25) is 5.91 Å². The van der Waals surface area contributed by atoms with Crippen LogP contribution in [0.15, 0.2) is 30.6 Å². The Labute approximate surface area is 209 Å². The lowest BCUT2D eigenvalue weighted by atomic mass is 10.1. The molecule has 2 aromatic rings. The number of benzene rings is 1. The fourth-order valence-electron chi connectivity index (χ4n) is 5.08. The average molecular weight is 485 g/mol. The summed E-state index contributed by atoms with van der Waals surface area (Å²) < 4.78 is 20.0. The van der Waals surface area contributed by atoms with Crippen LogP contribution in [-0.2, 0) is 22.6 Å². The minimum atomic E-state index is 0.175. The maximum absolute atomic E-state index is 13.3. The Morgan fingerprint density at radius 2 is 2.11 bits per heavy atom. The van der Waals surface area contributed by atoms with Crippen LogP contribution in [-0.4, -0.2) is 77.4 Å². The summed E-state index contributed by atoms with van der Waals surface area (Å²) >= 11 is 0. The number of carbonyl (C=O) groups is 1. The molecule has 1 aromatic carbocycles. The van der Waals surface area contributed by atoms with Gasteiger partial charge in [0, 0.05) is 62.5 Å². The van der Waals surface area contributed by atoms with E-state index >= 15 is 0 Å². The van der Waals surface area contributed by atoms with Crippen molar-refractivity contribution < 1.29 is 19.0 Å². The first-order valence-corrected chi connectivity index (χ1v) is 13.0. The first-order valence-electron chi connectivity index (χ1n) is 13.0. The number of fused-ring (bicyclic) bond motifs is 2. The molecule has 8 nitrogen and oxygen atoms in total. The van der Waals surface area contributed by atoms with E-state index in [2.05, 4.69) is 34.4 Å². The summed E-state index contributed by atoms with van der Waals surface area (Å²) in [5.41, 5.74) is 1.13. The lowest BCUT2D eigenvalue weighted by Crippen LogP contribution is -2.44. The average Bonchev–Trinajstić information content (AvgIpc) is 3.49. The van der Waals surface area contributed by atoms with Crippen LogP contribution in [0.5, 0.6) is 11.5 Å². The molecule has 1 fully saturated rings. The molecule has 2 aliphatic rings. The summed E-state index contributed by atoms with van der Waals surface area (Å²) in [5.74, 6) is 3.14. The number of aryl methyl sites for hydroxylation is 1. The summed E-state index contributed by atoms with van der Waals surface area (Å²) in [7, 11) is 0. The van der Waals surface area contributed by atoms with Crippen molar-refractivity contribution in [3.8, 4) is 11.5 Å². The van der Waals surface area contributed by atoms with Crippen molar-refractivity contribution in [2.75, 3.05) is 46.1 Å². The fraction of sp³-hybridized carbons (Fsp3) is 0.630. The Kier molecular flexibility index (Phi) is 9.04. The number of aromatic nitrogens is 2. The van der Waals surface area contributed by atoms with Crippen LogP contribution in [0.1, 0.15) is 57.3 Å². The van der Waals surface area contributed by atoms with Gasteiger partial charge >= 0.3 is 0 Å². The van der Waals surface area contributed by atoms with E-state index in [9.17, 15) is 4.79 Å². The van der Waals surface area contributed by atoms with Crippen LogP contribution in [0, 0.1) is 0 Å². The lowest BCUT2D eigenvalue weighted by molar-refractivity contribution is -0.133. The second-order valence-electron chi connectivity index (χ2n) is 9.63. The normalized spacial score (nSPS) is 19.8. The molecule has 3 heterocycles. The number of para-hydroxylation sites is 1. The molecule has 35 heavy (non-hydrogen) atoms. The molecule has 1 amide bonds. The number of nitrogens with zero attached hydrogens (tertiary/aromatic N) is 4. The van der Waals surface area contributed by atoms with E-state index < -0.39 is 0 Å². The van der Waals surface area contributed by atoms with Crippen LogP contribution in [0.25, 0.3) is 0 Å². The molecule has 4 rings (SSSR count). The summed E-state index contributed by atoms with van der Waals surface area (Å²) in [5, 5.41) is 0. The minimum absolute atomic E-state index is 0.175. The third-order valence-corrected chi connectivity index (χ3v) is 6.83. The van der Waals surface area contributed by atoms with Gasteiger partial charge in [-0.15, -0.1) is 0 Å². The maximum Gasteiger partial charge on any atom is 0.224 e. The van der Waals surface area contributed by atoms with Gasteiger partial charge in [0.25, 0.3) is 0 Å². The van der Waals surface area contributed by atoms with Crippen LogP contribution in [0.4, 0.5) is 0 Å². The maximum atomic E-state index is 13.3. The summed E-state index contributed by atoms with van der Waals surface area (Å²) in [6, 6.07) is 6.44. The summed E-state index contributed by atoms with van der Waals surface area (Å²) in [6.07, 6.45) is 6.48. The van der Waals surface area contributed by atoms with E-state index in [4.69, 9.17) is 14.2 Å². The minimum Gasteiger partial charge on any atom is -0.490 e. The van der Waals surface area contributed by atoms with E-state index in [1.165, 1.54) is 0 Å². The van der Waals surface area contributed by atoms with Crippen LogP contribution in [0.3, 0.4) is 0 Å². The number of imidazole rings is 1. The molecule has 0 aliphatic carbocycles. The lowest BCUT2D eigenvalue weighted by Gasteiger charge is -2.31. The van der Waals surface area contributed by atoms with E-state index in [0.717, 1.165) is 55.4 Å². The zero-order valence-electron chi connectivity index (χ0n) is 21.4. The number of hydrogen-bond acceptors (Lipinski definition) is 6. The molecule has 0 saturated carbocycles. The third-order valence-electron chi connectivity index (χ3n) is 6.83. The van der Waals surface area contributed by atoms with Gasteiger partial charge in [0.1, 0.15) is 12.4 Å². The molecule has 2 aliphatic heterocycles. The zero-order chi connectivity index (χ0) is 24.6. The Morgan fingerprint density at radius 3 is 2.94 bits per heavy atom. The molecule has 0 unspecified atom stereocenters. The van der Waals surface area contributed by atoms with Crippen LogP contribution in [0.2, 0.25) is 0 Å². The fourth-order valence-corrected chi connectivity index (χ4v) is 5.08. The molecule has 1 saturated heterocycles. The van der Waals surface area contributed by atoms with Crippen LogP contribution < -0.4 is 9.47 Å². The molecule has 0 bridgehead atoms. The van der Waals surface area contributed by atoms with Crippen molar-refractivity contribution in [3.63, 3.8) is 0 Å². The third kappa shape index (κ3) is 6.55. The van der Waals surface area contributed by atoms with Gasteiger partial charge in [0.05, 0.1) is 19.8 Å². The second-order valence-corrected chi connectivity index (χ2v) is 9.63. The highest BCUT2D eigenvalue weighted by Crippen LogP contribution is 2.34. The molecule has 0 radical (unpaired) electrons. The predicted octanol–water partition coefficient (Wildman–Crippen LogP) is 3.70. The number of hydrogen-bond donors (Lipinski definition) is 0. The molecule has 1 atom stereocenters. The van der Waals surface area contributed by atoms with E-state index in [1.807, 2.05) is 36.4 Å². The molecule has 0 spiro atoms. The van der Waals surface area contributed by atoms with Crippen molar-refractivity contribution in [1.82, 2.24) is 19.4 Å². The molecule has 1 aromatic heterocycles. The number of carbonyl (C=O) groups excluding carboxylic acids is 1. The predicted molar refractivity (Wildman–Crippen MR) is 135 cm³/mol. The zero-order valence-corrected chi connectivity index (χ0v) is 21.4. The van der Waals surface area contributed by atoms with Crippen molar-refractivity contribution in [2.24, 2.45) is 0 Å².